The summed E-state index contributed by atoms with van der Waals surface area (Å²) in [5.41, 5.74) is 5.67. The third kappa shape index (κ3) is 3.53. The summed E-state index contributed by atoms with van der Waals surface area (Å²) in [4.78, 5) is 1.98. The quantitative estimate of drug-likeness (QED) is 0.602. The first-order valence-electron chi connectivity index (χ1n) is 4.77. The van der Waals surface area contributed by atoms with Gasteiger partial charge in [0, 0.05) is 25.7 Å². The molecular weight excluding hydrogens is 204 g/mol. The van der Waals surface area contributed by atoms with Gasteiger partial charge in [0.1, 0.15) is 0 Å². The summed E-state index contributed by atoms with van der Waals surface area (Å²) < 4.78 is 22.2. The van der Waals surface area contributed by atoms with E-state index in [2.05, 4.69) is 0 Å². The van der Waals surface area contributed by atoms with Gasteiger partial charge in [-0.2, -0.15) is 0 Å². The van der Waals surface area contributed by atoms with Crippen molar-refractivity contribution in [1.82, 2.24) is 4.90 Å². The minimum absolute atomic E-state index is 0.208. The monoisotopic (exact) mass is 222 g/mol. The summed E-state index contributed by atoms with van der Waals surface area (Å²) in [7, 11) is -2.82. The molecule has 2 unspecified atom stereocenters. The maximum Gasteiger partial charge on any atom is 0.152 e. The Balaban J connectivity index is 2.36. The molecule has 14 heavy (non-hydrogen) atoms. The van der Waals surface area contributed by atoms with E-state index in [1.807, 2.05) is 4.90 Å². The van der Waals surface area contributed by atoms with E-state index < -0.39 is 15.9 Å². The first-order valence-corrected chi connectivity index (χ1v) is 6.59. The summed E-state index contributed by atoms with van der Waals surface area (Å²) in [5, 5.41) is 9.18. The molecule has 2 atom stereocenters. The molecule has 84 valence electrons. The molecular formula is C8H18N2O3S. The van der Waals surface area contributed by atoms with Gasteiger partial charge < -0.3 is 10.8 Å². The zero-order chi connectivity index (χ0) is 10.8. The summed E-state index contributed by atoms with van der Waals surface area (Å²) in [5.74, 6) is 0.416. The van der Waals surface area contributed by atoms with Gasteiger partial charge in [0.05, 0.1) is 17.6 Å². The smallest absolute Gasteiger partial charge is 0.152 e. The van der Waals surface area contributed by atoms with Crippen molar-refractivity contribution in [3.05, 3.63) is 0 Å². The molecule has 0 spiro atoms. The van der Waals surface area contributed by atoms with Crippen molar-refractivity contribution in [3.63, 3.8) is 0 Å². The molecule has 0 aromatic heterocycles. The van der Waals surface area contributed by atoms with Crippen molar-refractivity contribution in [2.75, 3.05) is 31.1 Å². The summed E-state index contributed by atoms with van der Waals surface area (Å²) in [6.45, 7) is 3.27. The highest BCUT2D eigenvalue weighted by atomic mass is 32.2. The minimum Gasteiger partial charge on any atom is -0.392 e. The molecule has 1 saturated heterocycles. The second-order valence-electron chi connectivity index (χ2n) is 3.86. The fraction of sp³-hybridized carbons (Fsp3) is 1.00. The Morgan fingerprint density at radius 2 is 1.93 bits per heavy atom. The highest BCUT2D eigenvalue weighted by molar-refractivity contribution is 7.91. The predicted octanol–water partition coefficient (Wildman–Crippen LogP) is -1.58. The van der Waals surface area contributed by atoms with Gasteiger partial charge in [-0.1, -0.05) is 0 Å². The van der Waals surface area contributed by atoms with Crippen LogP contribution in [0.3, 0.4) is 0 Å². The maximum absolute atomic E-state index is 11.1. The first kappa shape index (κ1) is 11.9. The van der Waals surface area contributed by atoms with Crippen molar-refractivity contribution >= 4 is 9.84 Å². The van der Waals surface area contributed by atoms with Crippen LogP contribution in [0.1, 0.15) is 6.92 Å². The van der Waals surface area contributed by atoms with Gasteiger partial charge in [0.25, 0.3) is 0 Å². The third-order valence-corrected chi connectivity index (χ3v) is 4.13. The van der Waals surface area contributed by atoms with Crippen molar-refractivity contribution < 1.29 is 13.5 Å². The van der Waals surface area contributed by atoms with Gasteiger partial charge in [-0.15, -0.1) is 0 Å². The van der Waals surface area contributed by atoms with Gasteiger partial charge in [-0.3, -0.25) is 4.90 Å². The number of aliphatic hydroxyl groups is 1. The standard InChI is InChI=1S/C8H18N2O3S/c1-7(11)8(9)6-10-2-4-14(12,13)5-3-10/h7-8,11H,2-6,9H2,1H3. The van der Waals surface area contributed by atoms with Gasteiger partial charge >= 0.3 is 0 Å². The van der Waals surface area contributed by atoms with Gasteiger partial charge in [0.2, 0.25) is 0 Å². The Kier molecular flexibility index (Phi) is 3.88. The molecule has 1 fully saturated rings. The Morgan fingerprint density at radius 3 is 2.36 bits per heavy atom. The van der Waals surface area contributed by atoms with Crippen LogP contribution in [0.4, 0.5) is 0 Å². The van der Waals surface area contributed by atoms with E-state index in [1.54, 1.807) is 6.92 Å². The molecule has 3 N–H and O–H groups in total. The lowest BCUT2D eigenvalue weighted by atomic mass is 10.2. The molecule has 1 aliphatic heterocycles. The lowest BCUT2D eigenvalue weighted by Gasteiger charge is -2.29. The molecule has 5 nitrogen and oxygen atoms in total. The van der Waals surface area contributed by atoms with Gasteiger partial charge in [-0.25, -0.2) is 8.42 Å². The van der Waals surface area contributed by atoms with Crippen molar-refractivity contribution in [1.29, 1.82) is 0 Å². The number of nitrogens with zero attached hydrogens (tertiary/aromatic N) is 1. The molecule has 0 saturated carbocycles. The van der Waals surface area contributed by atoms with Crippen LogP contribution in [-0.4, -0.2) is 61.7 Å². The number of sulfone groups is 1. The van der Waals surface area contributed by atoms with Crippen LogP contribution < -0.4 is 5.73 Å². The van der Waals surface area contributed by atoms with E-state index >= 15 is 0 Å². The number of hydrogen-bond acceptors (Lipinski definition) is 5. The molecule has 0 aromatic rings. The zero-order valence-electron chi connectivity index (χ0n) is 8.39. The second kappa shape index (κ2) is 4.57. The van der Waals surface area contributed by atoms with Crippen LogP contribution in [-0.2, 0) is 9.84 Å². The van der Waals surface area contributed by atoms with Crippen molar-refractivity contribution in [3.8, 4) is 0 Å². The van der Waals surface area contributed by atoms with Crippen LogP contribution in [0, 0.1) is 0 Å². The van der Waals surface area contributed by atoms with Crippen molar-refractivity contribution in [2.45, 2.75) is 19.1 Å². The largest absolute Gasteiger partial charge is 0.392 e. The third-order valence-electron chi connectivity index (χ3n) is 2.53. The molecule has 1 aliphatic rings. The first-order chi connectivity index (χ1) is 6.41. The van der Waals surface area contributed by atoms with Gasteiger partial charge in [0.15, 0.2) is 9.84 Å². The number of rotatable bonds is 3. The fourth-order valence-corrected chi connectivity index (χ4v) is 2.66. The molecule has 0 amide bonds. The summed E-state index contributed by atoms with van der Waals surface area (Å²) >= 11 is 0. The zero-order valence-corrected chi connectivity index (χ0v) is 9.20. The van der Waals surface area contributed by atoms with E-state index in [4.69, 9.17) is 5.73 Å². The van der Waals surface area contributed by atoms with E-state index in [0.29, 0.717) is 19.6 Å². The van der Waals surface area contributed by atoms with E-state index in [9.17, 15) is 13.5 Å². The number of aliphatic hydroxyl groups excluding tert-OH is 1. The Labute approximate surface area is 84.8 Å². The highest BCUT2D eigenvalue weighted by Crippen LogP contribution is 2.04. The van der Waals surface area contributed by atoms with Crippen LogP contribution in [0.5, 0.6) is 0 Å². The normalized spacial score (nSPS) is 27.1. The fourth-order valence-electron chi connectivity index (χ4n) is 1.38. The number of hydrogen-bond donors (Lipinski definition) is 2. The highest BCUT2D eigenvalue weighted by Gasteiger charge is 2.23. The van der Waals surface area contributed by atoms with E-state index in [1.165, 1.54) is 0 Å². The summed E-state index contributed by atoms with van der Waals surface area (Å²) in [6, 6.07) is -0.296. The second-order valence-corrected chi connectivity index (χ2v) is 6.16. The molecule has 0 aromatic carbocycles. The van der Waals surface area contributed by atoms with Crippen molar-refractivity contribution in [2.24, 2.45) is 5.73 Å². The maximum atomic E-state index is 11.1. The van der Waals surface area contributed by atoms with Crippen LogP contribution in [0.15, 0.2) is 0 Å². The average molecular weight is 222 g/mol. The van der Waals surface area contributed by atoms with E-state index in [-0.39, 0.29) is 17.5 Å². The van der Waals surface area contributed by atoms with E-state index in [0.717, 1.165) is 0 Å². The topological polar surface area (TPSA) is 83.6 Å². The minimum atomic E-state index is -2.82. The van der Waals surface area contributed by atoms with Crippen LogP contribution in [0.25, 0.3) is 0 Å². The molecule has 0 radical (unpaired) electrons. The molecule has 0 aliphatic carbocycles. The number of nitrogens with two attached hydrogens (primary N) is 1. The lowest BCUT2D eigenvalue weighted by molar-refractivity contribution is 0.136. The summed E-state index contributed by atoms with van der Waals surface area (Å²) in [6.07, 6.45) is -0.548. The Morgan fingerprint density at radius 1 is 1.43 bits per heavy atom. The Bertz CT molecular complexity index is 262. The SMILES string of the molecule is CC(O)C(N)CN1CCS(=O)(=O)CC1. The lowest BCUT2D eigenvalue weighted by Crippen LogP contribution is -2.49. The Hall–Kier alpha value is -0.170. The molecule has 6 heteroatoms. The molecule has 1 rings (SSSR count). The van der Waals surface area contributed by atoms with Gasteiger partial charge in [-0.05, 0) is 6.92 Å². The molecule has 1 heterocycles. The van der Waals surface area contributed by atoms with Crippen LogP contribution >= 0.6 is 0 Å². The predicted molar refractivity (Wildman–Crippen MR) is 54.8 cm³/mol. The average Bonchev–Trinajstić information content (AvgIpc) is 2.08. The van der Waals surface area contributed by atoms with Crippen LogP contribution in [0.2, 0.25) is 0 Å². The molecule has 0 bridgehead atoms.